The molecular weight excluding hydrogens is 384 g/mol. The van der Waals surface area contributed by atoms with Crippen LogP contribution in [0.15, 0.2) is 48.5 Å². The molecule has 0 radical (unpaired) electrons. The molecule has 2 fully saturated rings. The van der Waals surface area contributed by atoms with Crippen LogP contribution in [0, 0.1) is 12.8 Å². The van der Waals surface area contributed by atoms with Crippen LogP contribution >= 0.6 is 0 Å². The van der Waals surface area contributed by atoms with Crippen molar-refractivity contribution in [2.24, 2.45) is 5.92 Å². The number of hydrogen-bond acceptors (Lipinski definition) is 3. The fourth-order valence-corrected chi connectivity index (χ4v) is 5.42. The number of piperidine rings is 1. The molecule has 1 saturated heterocycles. The Morgan fingerprint density at radius 3 is 2.59 bits per heavy atom. The number of rotatable bonds is 5. The van der Waals surface area contributed by atoms with Crippen LogP contribution in [0.1, 0.15) is 36.3 Å². The first-order valence-electron chi connectivity index (χ1n) is 10.2. The van der Waals surface area contributed by atoms with E-state index in [9.17, 15) is 13.2 Å². The maximum Gasteiger partial charge on any atom is 0.226 e. The van der Waals surface area contributed by atoms with Gasteiger partial charge in [-0.25, -0.2) is 13.1 Å². The van der Waals surface area contributed by atoms with Gasteiger partial charge in [-0.2, -0.15) is 0 Å². The molecule has 0 aromatic heterocycles. The van der Waals surface area contributed by atoms with Gasteiger partial charge in [0.05, 0.1) is 6.26 Å². The second kappa shape index (κ2) is 7.92. The van der Waals surface area contributed by atoms with E-state index in [4.69, 9.17) is 0 Å². The number of likely N-dealkylation sites (tertiary alicyclic amines) is 1. The monoisotopic (exact) mass is 412 g/mol. The summed E-state index contributed by atoms with van der Waals surface area (Å²) in [4.78, 5) is 15.0. The average Bonchev–Trinajstić information content (AvgIpc) is 3.47. The molecule has 3 atom stereocenters. The molecule has 0 bridgehead atoms. The van der Waals surface area contributed by atoms with Crippen molar-refractivity contribution < 1.29 is 13.2 Å². The zero-order chi connectivity index (χ0) is 20.6. The second-order valence-corrected chi connectivity index (χ2v) is 10.1. The van der Waals surface area contributed by atoms with E-state index in [-0.39, 0.29) is 23.8 Å². The molecule has 2 aliphatic rings. The van der Waals surface area contributed by atoms with Crippen LogP contribution in [0.4, 0.5) is 0 Å². The number of hydrogen-bond donors (Lipinski definition) is 1. The van der Waals surface area contributed by atoms with Crippen LogP contribution in [0.2, 0.25) is 0 Å². The van der Waals surface area contributed by atoms with Gasteiger partial charge in [-0.15, -0.1) is 0 Å². The summed E-state index contributed by atoms with van der Waals surface area (Å²) in [6.45, 7) is 3.30. The summed E-state index contributed by atoms with van der Waals surface area (Å²) in [5.41, 5.74) is 4.90. The Morgan fingerprint density at radius 2 is 1.86 bits per heavy atom. The zero-order valence-corrected chi connectivity index (χ0v) is 17.8. The van der Waals surface area contributed by atoms with Crippen molar-refractivity contribution in [1.29, 1.82) is 0 Å². The van der Waals surface area contributed by atoms with Gasteiger partial charge in [0, 0.05) is 25.0 Å². The molecule has 5 nitrogen and oxygen atoms in total. The van der Waals surface area contributed by atoms with E-state index in [1.165, 1.54) is 28.5 Å². The predicted octanol–water partition coefficient (Wildman–Crippen LogP) is 3.31. The largest absolute Gasteiger partial charge is 0.341 e. The van der Waals surface area contributed by atoms with E-state index in [1.807, 2.05) is 23.1 Å². The molecule has 1 N–H and O–H groups in total. The summed E-state index contributed by atoms with van der Waals surface area (Å²) in [5, 5.41) is 0. The summed E-state index contributed by atoms with van der Waals surface area (Å²) in [6, 6.07) is 16.5. The van der Waals surface area contributed by atoms with E-state index < -0.39 is 10.0 Å². The molecule has 29 heavy (non-hydrogen) atoms. The van der Waals surface area contributed by atoms with Crippen molar-refractivity contribution in [2.75, 3.05) is 19.3 Å². The normalized spacial score (nSPS) is 24.3. The predicted molar refractivity (Wildman–Crippen MR) is 115 cm³/mol. The Kier molecular flexibility index (Phi) is 5.49. The summed E-state index contributed by atoms with van der Waals surface area (Å²) in [6.07, 6.45) is 3.65. The molecule has 4 rings (SSSR count). The highest BCUT2D eigenvalue weighted by Gasteiger charge is 2.47. The van der Waals surface area contributed by atoms with Gasteiger partial charge in [0.2, 0.25) is 15.9 Å². The van der Waals surface area contributed by atoms with E-state index >= 15 is 0 Å². The van der Waals surface area contributed by atoms with E-state index in [1.54, 1.807) is 0 Å². The van der Waals surface area contributed by atoms with Crippen molar-refractivity contribution in [2.45, 2.75) is 38.1 Å². The number of nitrogens with zero attached hydrogens (tertiary/aromatic N) is 1. The Labute approximate surface area is 173 Å². The lowest BCUT2D eigenvalue weighted by Gasteiger charge is -2.33. The van der Waals surface area contributed by atoms with E-state index in [2.05, 4.69) is 42.0 Å². The summed E-state index contributed by atoms with van der Waals surface area (Å²) in [5.74, 6) is 0.396. The number of nitrogens with one attached hydrogen (secondary N) is 1. The SMILES string of the molecule is Cc1cccc([C@@H]2C[C@H]2C(=O)N2CCC[C@H](NS(C)(=O)=O)C2)c1-c1ccccc1. The first-order chi connectivity index (χ1) is 13.8. The summed E-state index contributed by atoms with van der Waals surface area (Å²) in [7, 11) is -3.26. The minimum absolute atomic E-state index is 0.00348. The van der Waals surface area contributed by atoms with E-state index in [0.29, 0.717) is 13.1 Å². The highest BCUT2D eigenvalue weighted by atomic mass is 32.2. The van der Waals surface area contributed by atoms with Crippen LogP contribution in [0.3, 0.4) is 0 Å². The molecule has 1 heterocycles. The number of sulfonamides is 1. The van der Waals surface area contributed by atoms with Crippen LogP contribution in [0.25, 0.3) is 11.1 Å². The Morgan fingerprint density at radius 1 is 1.10 bits per heavy atom. The quantitative estimate of drug-likeness (QED) is 0.819. The standard InChI is InChI=1S/C23H28N2O3S/c1-16-8-6-12-19(22(16)17-9-4-3-5-10-17)20-14-21(20)23(26)25-13-7-11-18(15-25)24-29(2,27)28/h3-6,8-10,12,18,20-21,24H,7,11,13-15H2,1-2H3/t18-,20-,21+/m0/s1. The minimum atomic E-state index is -3.26. The lowest BCUT2D eigenvalue weighted by atomic mass is 9.92. The summed E-state index contributed by atoms with van der Waals surface area (Å²) < 4.78 is 25.8. The zero-order valence-electron chi connectivity index (χ0n) is 17.0. The fraction of sp³-hybridized carbons (Fsp3) is 0.435. The molecule has 154 valence electrons. The highest BCUT2D eigenvalue weighted by molar-refractivity contribution is 7.88. The molecule has 1 aliphatic heterocycles. The van der Waals surface area contributed by atoms with E-state index in [0.717, 1.165) is 19.3 Å². The second-order valence-electron chi connectivity index (χ2n) is 8.37. The average molecular weight is 413 g/mol. The molecule has 1 amide bonds. The molecule has 2 aromatic rings. The number of aryl methyl sites for hydroxylation is 1. The number of carbonyl (C=O) groups is 1. The van der Waals surface area contributed by atoms with Gasteiger partial charge in [-0.1, -0.05) is 48.5 Å². The third-order valence-electron chi connectivity index (χ3n) is 5.99. The van der Waals surface area contributed by atoms with Gasteiger partial charge in [-0.05, 0) is 54.4 Å². The number of carbonyl (C=O) groups excluding carboxylic acids is 1. The lowest BCUT2D eigenvalue weighted by Crippen LogP contribution is -2.49. The molecule has 6 heteroatoms. The number of amides is 1. The van der Waals surface area contributed by atoms with Gasteiger partial charge in [0.25, 0.3) is 0 Å². The number of benzene rings is 2. The molecule has 0 unspecified atom stereocenters. The maximum absolute atomic E-state index is 13.1. The van der Waals surface area contributed by atoms with Crippen molar-refractivity contribution in [3.63, 3.8) is 0 Å². The third kappa shape index (κ3) is 4.54. The van der Waals surface area contributed by atoms with Crippen molar-refractivity contribution in [1.82, 2.24) is 9.62 Å². The summed E-state index contributed by atoms with van der Waals surface area (Å²) >= 11 is 0. The maximum atomic E-state index is 13.1. The van der Waals surface area contributed by atoms with Crippen molar-refractivity contribution in [3.8, 4) is 11.1 Å². The topological polar surface area (TPSA) is 66.5 Å². The van der Waals surface area contributed by atoms with Gasteiger partial charge < -0.3 is 4.90 Å². The fourth-order valence-electron chi connectivity index (χ4n) is 4.62. The van der Waals surface area contributed by atoms with Gasteiger partial charge >= 0.3 is 0 Å². The molecule has 1 saturated carbocycles. The van der Waals surface area contributed by atoms with Gasteiger partial charge in [0.15, 0.2) is 0 Å². The third-order valence-corrected chi connectivity index (χ3v) is 6.75. The smallest absolute Gasteiger partial charge is 0.226 e. The minimum Gasteiger partial charge on any atom is -0.341 e. The first kappa shape index (κ1) is 20.1. The highest BCUT2D eigenvalue weighted by Crippen LogP contribution is 2.51. The van der Waals surface area contributed by atoms with Crippen molar-refractivity contribution >= 4 is 15.9 Å². The van der Waals surface area contributed by atoms with Crippen LogP contribution < -0.4 is 4.72 Å². The lowest BCUT2D eigenvalue weighted by molar-refractivity contribution is -0.133. The molecule has 0 spiro atoms. The Hall–Kier alpha value is -2.18. The Balaban J connectivity index is 1.51. The molecule has 1 aliphatic carbocycles. The Bertz CT molecular complexity index is 1000. The molecular formula is C23H28N2O3S. The van der Waals surface area contributed by atoms with Gasteiger partial charge in [0.1, 0.15) is 0 Å². The van der Waals surface area contributed by atoms with Crippen molar-refractivity contribution in [3.05, 3.63) is 59.7 Å². The van der Waals surface area contributed by atoms with Gasteiger partial charge in [-0.3, -0.25) is 4.79 Å². The van der Waals surface area contributed by atoms with Crippen LogP contribution in [0.5, 0.6) is 0 Å². The molecule has 2 aromatic carbocycles. The van der Waals surface area contributed by atoms with Crippen LogP contribution in [-0.2, 0) is 14.8 Å². The first-order valence-corrected chi connectivity index (χ1v) is 12.1. The van der Waals surface area contributed by atoms with Crippen LogP contribution in [-0.4, -0.2) is 44.6 Å².